The van der Waals surface area contributed by atoms with Crippen LogP contribution in [0, 0.1) is 0 Å². The van der Waals surface area contributed by atoms with Gasteiger partial charge in [0.25, 0.3) is 5.91 Å². The second-order valence-electron chi connectivity index (χ2n) is 7.83. The molecule has 0 atom stereocenters. The minimum Gasteiger partial charge on any atom is -0.385 e. The van der Waals surface area contributed by atoms with Crippen LogP contribution in [0.3, 0.4) is 0 Å². The summed E-state index contributed by atoms with van der Waals surface area (Å²) < 4.78 is 7.50. The third kappa shape index (κ3) is 5.05. The van der Waals surface area contributed by atoms with E-state index in [1.54, 1.807) is 12.0 Å². The molecule has 5 nitrogen and oxygen atoms in total. The van der Waals surface area contributed by atoms with Crippen LogP contribution in [0.15, 0.2) is 58.7 Å². The SMILES string of the molecule is COCCCN1C(=O)/C(=C\c2ccn(C3CCCCC3)c2)SC1=Nc1ccccc1. The summed E-state index contributed by atoms with van der Waals surface area (Å²) in [6.07, 6.45) is 13.6. The van der Waals surface area contributed by atoms with Crippen LogP contribution in [0.5, 0.6) is 0 Å². The van der Waals surface area contributed by atoms with E-state index < -0.39 is 0 Å². The largest absolute Gasteiger partial charge is 0.385 e. The molecule has 0 spiro atoms. The van der Waals surface area contributed by atoms with E-state index in [2.05, 4.69) is 23.0 Å². The van der Waals surface area contributed by atoms with Gasteiger partial charge < -0.3 is 9.30 Å². The number of para-hydroxylation sites is 1. The first-order valence-corrected chi connectivity index (χ1v) is 11.6. The number of aliphatic imine (C=N–C) groups is 1. The van der Waals surface area contributed by atoms with Gasteiger partial charge in [0.2, 0.25) is 0 Å². The maximum absolute atomic E-state index is 13.1. The summed E-state index contributed by atoms with van der Waals surface area (Å²) in [5.41, 5.74) is 1.93. The molecule has 1 aromatic heterocycles. The van der Waals surface area contributed by atoms with Crippen molar-refractivity contribution in [1.29, 1.82) is 0 Å². The number of carbonyl (C=O) groups is 1. The quantitative estimate of drug-likeness (QED) is 0.428. The Balaban J connectivity index is 1.55. The molecule has 4 rings (SSSR count). The van der Waals surface area contributed by atoms with Crippen molar-refractivity contribution in [1.82, 2.24) is 9.47 Å². The van der Waals surface area contributed by atoms with Crippen LogP contribution in [0.25, 0.3) is 6.08 Å². The zero-order valence-corrected chi connectivity index (χ0v) is 18.3. The second-order valence-corrected chi connectivity index (χ2v) is 8.84. The van der Waals surface area contributed by atoms with Crippen LogP contribution in [0.2, 0.25) is 0 Å². The van der Waals surface area contributed by atoms with Gasteiger partial charge in [0.1, 0.15) is 0 Å². The number of ether oxygens (including phenoxy) is 1. The molecular weight excluding hydrogens is 394 g/mol. The Morgan fingerprint density at radius 3 is 2.73 bits per heavy atom. The zero-order valence-electron chi connectivity index (χ0n) is 17.5. The molecule has 1 saturated heterocycles. The third-order valence-electron chi connectivity index (χ3n) is 5.63. The number of benzene rings is 1. The standard InChI is InChI=1S/C24H29N3O2S/c1-29-16-8-14-27-23(28)22(30-24(27)25-20-9-4-2-5-10-20)17-19-13-15-26(18-19)21-11-6-3-7-12-21/h2,4-5,9-10,13,15,17-18,21H,3,6-8,11-12,14,16H2,1H3/b22-17+,25-24?. The minimum atomic E-state index is 0.0243. The zero-order chi connectivity index (χ0) is 20.8. The Morgan fingerprint density at radius 2 is 1.97 bits per heavy atom. The molecule has 0 N–H and O–H groups in total. The number of aromatic nitrogens is 1. The first-order chi connectivity index (χ1) is 14.7. The molecule has 158 valence electrons. The average Bonchev–Trinajstić information content (AvgIpc) is 3.36. The summed E-state index contributed by atoms with van der Waals surface area (Å²) in [6.45, 7) is 1.22. The van der Waals surface area contributed by atoms with Gasteiger partial charge in [0, 0.05) is 38.7 Å². The summed E-state index contributed by atoms with van der Waals surface area (Å²) in [5, 5.41) is 0.736. The Morgan fingerprint density at radius 1 is 1.17 bits per heavy atom. The fraction of sp³-hybridized carbons (Fsp3) is 0.417. The number of thioether (sulfide) groups is 1. The molecule has 6 heteroatoms. The molecule has 2 heterocycles. The Hall–Kier alpha value is -2.31. The average molecular weight is 424 g/mol. The molecule has 1 saturated carbocycles. The lowest BCUT2D eigenvalue weighted by Gasteiger charge is -2.23. The molecule has 30 heavy (non-hydrogen) atoms. The van der Waals surface area contributed by atoms with E-state index >= 15 is 0 Å². The fourth-order valence-electron chi connectivity index (χ4n) is 4.04. The van der Waals surface area contributed by atoms with Crippen LogP contribution in [0.4, 0.5) is 5.69 Å². The normalized spacial score (nSPS) is 20.6. The molecular formula is C24H29N3O2S. The van der Waals surface area contributed by atoms with Gasteiger partial charge in [-0.1, -0.05) is 37.5 Å². The van der Waals surface area contributed by atoms with E-state index in [-0.39, 0.29) is 5.91 Å². The van der Waals surface area contributed by atoms with E-state index in [1.165, 1.54) is 43.9 Å². The molecule has 0 radical (unpaired) electrons. The van der Waals surface area contributed by atoms with Crippen molar-refractivity contribution >= 4 is 34.6 Å². The van der Waals surface area contributed by atoms with Gasteiger partial charge in [-0.3, -0.25) is 9.69 Å². The highest BCUT2D eigenvalue weighted by Crippen LogP contribution is 2.35. The predicted molar refractivity (Wildman–Crippen MR) is 124 cm³/mol. The Bertz CT molecular complexity index is 914. The van der Waals surface area contributed by atoms with Gasteiger partial charge in [-0.2, -0.15) is 0 Å². The van der Waals surface area contributed by atoms with E-state index in [4.69, 9.17) is 9.73 Å². The van der Waals surface area contributed by atoms with E-state index in [0.717, 1.165) is 27.7 Å². The van der Waals surface area contributed by atoms with Crippen LogP contribution < -0.4 is 0 Å². The van der Waals surface area contributed by atoms with Crippen LogP contribution >= 0.6 is 11.8 Å². The topological polar surface area (TPSA) is 46.8 Å². The van der Waals surface area contributed by atoms with Gasteiger partial charge in [-0.25, -0.2) is 4.99 Å². The maximum atomic E-state index is 13.1. The van der Waals surface area contributed by atoms with Crippen molar-refractivity contribution in [2.75, 3.05) is 20.3 Å². The third-order valence-corrected chi connectivity index (χ3v) is 6.64. The maximum Gasteiger partial charge on any atom is 0.266 e. The van der Waals surface area contributed by atoms with Crippen LogP contribution in [-0.2, 0) is 9.53 Å². The van der Waals surface area contributed by atoms with Gasteiger partial charge >= 0.3 is 0 Å². The molecule has 1 aromatic carbocycles. The summed E-state index contributed by atoms with van der Waals surface area (Å²) in [4.78, 5) is 20.4. The molecule has 1 amide bonds. The molecule has 1 aliphatic carbocycles. The van der Waals surface area contributed by atoms with Gasteiger partial charge in [-0.15, -0.1) is 0 Å². The number of amides is 1. The van der Waals surface area contributed by atoms with Crippen molar-refractivity contribution in [2.24, 2.45) is 4.99 Å². The highest BCUT2D eigenvalue weighted by Gasteiger charge is 2.33. The lowest BCUT2D eigenvalue weighted by molar-refractivity contribution is -0.122. The molecule has 1 aliphatic heterocycles. The number of nitrogens with zero attached hydrogens (tertiary/aromatic N) is 3. The number of hydrogen-bond donors (Lipinski definition) is 0. The second kappa shape index (κ2) is 10.1. The number of rotatable bonds is 7. The van der Waals surface area contributed by atoms with Crippen LogP contribution in [-0.4, -0.2) is 40.8 Å². The predicted octanol–water partition coefficient (Wildman–Crippen LogP) is 5.63. The summed E-state index contributed by atoms with van der Waals surface area (Å²) in [5.74, 6) is 0.0243. The monoisotopic (exact) mass is 423 g/mol. The minimum absolute atomic E-state index is 0.0243. The molecule has 2 fully saturated rings. The van der Waals surface area contributed by atoms with Crippen molar-refractivity contribution in [3.8, 4) is 0 Å². The van der Waals surface area contributed by atoms with Crippen molar-refractivity contribution in [3.63, 3.8) is 0 Å². The van der Waals surface area contributed by atoms with Gasteiger partial charge in [0.15, 0.2) is 5.17 Å². The van der Waals surface area contributed by atoms with E-state index in [9.17, 15) is 4.79 Å². The number of methoxy groups -OCH3 is 1. The fourth-order valence-corrected chi connectivity index (χ4v) is 5.07. The molecule has 0 unspecified atom stereocenters. The Labute approximate surface area is 182 Å². The van der Waals surface area contributed by atoms with Crippen molar-refractivity contribution in [2.45, 2.75) is 44.6 Å². The van der Waals surface area contributed by atoms with E-state index in [0.29, 0.717) is 19.2 Å². The van der Waals surface area contributed by atoms with Gasteiger partial charge in [0.05, 0.1) is 10.6 Å². The van der Waals surface area contributed by atoms with Crippen LogP contribution in [0.1, 0.15) is 50.1 Å². The number of hydrogen-bond acceptors (Lipinski definition) is 4. The Kier molecular flexibility index (Phi) is 7.07. The molecule has 0 bridgehead atoms. The lowest BCUT2D eigenvalue weighted by atomic mass is 9.95. The van der Waals surface area contributed by atoms with Crippen molar-refractivity contribution < 1.29 is 9.53 Å². The first kappa shape index (κ1) is 20.9. The molecule has 2 aliphatic rings. The highest BCUT2D eigenvalue weighted by molar-refractivity contribution is 8.18. The first-order valence-electron chi connectivity index (χ1n) is 10.8. The molecule has 2 aromatic rings. The number of carbonyl (C=O) groups excluding carboxylic acids is 1. The van der Waals surface area contributed by atoms with E-state index in [1.807, 2.05) is 36.4 Å². The highest BCUT2D eigenvalue weighted by atomic mass is 32.2. The summed E-state index contributed by atoms with van der Waals surface area (Å²) in [7, 11) is 1.68. The smallest absolute Gasteiger partial charge is 0.266 e. The number of amidine groups is 1. The van der Waals surface area contributed by atoms with Gasteiger partial charge in [-0.05, 0) is 60.9 Å². The summed E-state index contributed by atoms with van der Waals surface area (Å²) >= 11 is 1.46. The lowest BCUT2D eigenvalue weighted by Crippen LogP contribution is -2.30. The van der Waals surface area contributed by atoms with Crippen molar-refractivity contribution in [3.05, 3.63) is 59.3 Å². The summed E-state index contributed by atoms with van der Waals surface area (Å²) in [6, 6.07) is 12.5.